The van der Waals surface area contributed by atoms with Crippen molar-refractivity contribution < 1.29 is 9.47 Å². The number of guanidine groups is 1. The van der Waals surface area contributed by atoms with Crippen LogP contribution in [0.15, 0.2) is 29.3 Å². The second-order valence-electron chi connectivity index (χ2n) is 7.16. The molecule has 152 valence electrons. The van der Waals surface area contributed by atoms with Crippen LogP contribution >= 0.6 is 24.0 Å². The summed E-state index contributed by atoms with van der Waals surface area (Å²) in [7, 11) is 3.53. The minimum Gasteiger partial charge on any atom is -0.497 e. The Morgan fingerprint density at radius 1 is 1.19 bits per heavy atom. The minimum atomic E-state index is 0. The number of aliphatic imine (C=N–C) groups is 1. The van der Waals surface area contributed by atoms with Gasteiger partial charge in [-0.2, -0.15) is 0 Å². The molecule has 2 aliphatic rings. The molecule has 6 nitrogen and oxygen atoms in total. The van der Waals surface area contributed by atoms with Crippen molar-refractivity contribution in [3.63, 3.8) is 0 Å². The van der Waals surface area contributed by atoms with Gasteiger partial charge < -0.3 is 19.7 Å². The number of methoxy groups -OCH3 is 1. The van der Waals surface area contributed by atoms with Crippen LogP contribution in [0.4, 0.5) is 0 Å². The standard InChI is InChI=1S/C20H32N4O2.HI/c1-16(26-19-8-6-18(25-3)7-9-19)14-22-20(21-2)24-13-10-17(15-24)23-11-4-5-12-23;/h6-9,16-17H,4-5,10-15H2,1-3H3,(H,21,22);1H. The number of benzene rings is 1. The first kappa shape index (κ1) is 22.1. The molecule has 0 spiro atoms. The third kappa shape index (κ3) is 6.14. The molecule has 7 heteroatoms. The average Bonchev–Trinajstić information content (AvgIpc) is 3.34. The third-order valence-corrected chi connectivity index (χ3v) is 5.28. The number of likely N-dealkylation sites (tertiary alicyclic amines) is 2. The summed E-state index contributed by atoms with van der Waals surface area (Å²) in [5.41, 5.74) is 0. The van der Waals surface area contributed by atoms with Gasteiger partial charge in [0.15, 0.2) is 5.96 Å². The lowest BCUT2D eigenvalue weighted by atomic mass is 10.2. The van der Waals surface area contributed by atoms with E-state index in [2.05, 4.69) is 27.0 Å². The largest absolute Gasteiger partial charge is 0.497 e. The number of nitrogens with one attached hydrogen (secondary N) is 1. The van der Waals surface area contributed by atoms with Crippen molar-refractivity contribution in [3.8, 4) is 11.5 Å². The smallest absolute Gasteiger partial charge is 0.193 e. The molecule has 0 radical (unpaired) electrons. The molecule has 1 aromatic rings. The maximum atomic E-state index is 5.97. The Hall–Kier alpha value is -1.22. The van der Waals surface area contributed by atoms with Crippen molar-refractivity contribution in [2.75, 3.05) is 46.9 Å². The molecular weight excluding hydrogens is 455 g/mol. The SMILES string of the molecule is CN=C(NCC(C)Oc1ccc(OC)cc1)N1CCC(N2CCCC2)C1.I. The summed E-state index contributed by atoms with van der Waals surface area (Å²) in [6, 6.07) is 8.38. The van der Waals surface area contributed by atoms with Crippen LogP contribution < -0.4 is 14.8 Å². The van der Waals surface area contributed by atoms with Crippen molar-refractivity contribution in [3.05, 3.63) is 24.3 Å². The van der Waals surface area contributed by atoms with Gasteiger partial charge in [0.05, 0.1) is 13.7 Å². The fourth-order valence-corrected chi connectivity index (χ4v) is 3.83. The molecule has 2 atom stereocenters. The van der Waals surface area contributed by atoms with Crippen LogP contribution in [-0.4, -0.2) is 74.8 Å². The molecule has 2 aliphatic heterocycles. The zero-order chi connectivity index (χ0) is 18.4. The van der Waals surface area contributed by atoms with Crippen LogP contribution in [0.1, 0.15) is 26.2 Å². The molecular formula is C20H33IN4O2. The predicted octanol–water partition coefficient (Wildman–Crippen LogP) is 2.83. The van der Waals surface area contributed by atoms with Crippen LogP contribution in [-0.2, 0) is 0 Å². The molecule has 0 saturated carbocycles. The molecule has 27 heavy (non-hydrogen) atoms. The van der Waals surface area contributed by atoms with E-state index in [0.717, 1.165) is 37.1 Å². The molecule has 0 bridgehead atoms. The molecule has 0 aromatic heterocycles. The van der Waals surface area contributed by atoms with E-state index in [4.69, 9.17) is 9.47 Å². The van der Waals surface area contributed by atoms with Crippen LogP contribution in [0.25, 0.3) is 0 Å². The van der Waals surface area contributed by atoms with E-state index >= 15 is 0 Å². The van der Waals surface area contributed by atoms with E-state index in [-0.39, 0.29) is 30.1 Å². The van der Waals surface area contributed by atoms with E-state index < -0.39 is 0 Å². The van der Waals surface area contributed by atoms with Gasteiger partial charge >= 0.3 is 0 Å². The second kappa shape index (κ2) is 10.9. The molecule has 2 fully saturated rings. The monoisotopic (exact) mass is 488 g/mol. The number of halogens is 1. The van der Waals surface area contributed by atoms with E-state index in [9.17, 15) is 0 Å². The van der Waals surface area contributed by atoms with Crippen molar-refractivity contribution in [2.45, 2.75) is 38.3 Å². The Morgan fingerprint density at radius 2 is 1.85 bits per heavy atom. The summed E-state index contributed by atoms with van der Waals surface area (Å²) in [6.45, 7) is 7.47. The summed E-state index contributed by atoms with van der Waals surface area (Å²) in [6.07, 6.45) is 3.99. The quantitative estimate of drug-likeness (QED) is 0.379. The number of hydrogen-bond acceptors (Lipinski definition) is 4. The Labute approximate surface area is 180 Å². The van der Waals surface area contributed by atoms with Gasteiger partial charge in [-0.25, -0.2) is 0 Å². The van der Waals surface area contributed by atoms with Gasteiger partial charge in [-0.1, -0.05) is 0 Å². The van der Waals surface area contributed by atoms with E-state index in [1.165, 1.54) is 32.4 Å². The Kier molecular flexibility index (Phi) is 8.95. The molecule has 0 aliphatic carbocycles. The average molecular weight is 488 g/mol. The van der Waals surface area contributed by atoms with E-state index in [0.29, 0.717) is 6.04 Å². The fraction of sp³-hybridized carbons (Fsp3) is 0.650. The number of ether oxygens (including phenoxy) is 2. The van der Waals surface area contributed by atoms with Gasteiger partial charge in [-0.3, -0.25) is 9.89 Å². The summed E-state index contributed by atoms with van der Waals surface area (Å²) >= 11 is 0. The third-order valence-electron chi connectivity index (χ3n) is 5.28. The highest BCUT2D eigenvalue weighted by molar-refractivity contribution is 14.0. The predicted molar refractivity (Wildman–Crippen MR) is 121 cm³/mol. The van der Waals surface area contributed by atoms with E-state index in [1.807, 2.05) is 31.3 Å². The first-order chi connectivity index (χ1) is 12.7. The van der Waals surface area contributed by atoms with Crippen LogP contribution in [0.2, 0.25) is 0 Å². The van der Waals surface area contributed by atoms with Crippen LogP contribution in [0, 0.1) is 0 Å². The van der Waals surface area contributed by atoms with Crippen molar-refractivity contribution >= 4 is 29.9 Å². The summed E-state index contributed by atoms with van der Waals surface area (Å²) < 4.78 is 11.2. The summed E-state index contributed by atoms with van der Waals surface area (Å²) in [4.78, 5) is 9.49. The Balaban J connectivity index is 0.00000261. The maximum Gasteiger partial charge on any atom is 0.193 e. The molecule has 2 unspecified atom stereocenters. The van der Waals surface area contributed by atoms with E-state index in [1.54, 1.807) is 7.11 Å². The summed E-state index contributed by atoms with van der Waals surface area (Å²) in [5.74, 6) is 2.67. The topological polar surface area (TPSA) is 49.3 Å². The van der Waals surface area contributed by atoms with Gasteiger partial charge in [0, 0.05) is 26.2 Å². The van der Waals surface area contributed by atoms with Crippen molar-refractivity contribution in [2.24, 2.45) is 4.99 Å². The second-order valence-corrected chi connectivity index (χ2v) is 7.16. The summed E-state index contributed by atoms with van der Waals surface area (Å²) in [5, 5.41) is 3.47. The highest BCUT2D eigenvalue weighted by atomic mass is 127. The van der Waals surface area contributed by atoms with Crippen molar-refractivity contribution in [1.82, 2.24) is 15.1 Å². The molecule has 1 aromatic carbocycles. The Morgan fingerprint density at radius 3 is 2.48 bits per heavy atom. The first-order valence-electron chi connectivity index (χ1n) is 9.70. The van der Waals surface area contributed by atoms with Crippen LogP contribution in [0.3, 0.4) is 0 Å². The number of hydrogen-bond donors (Lipinski definition) is 1. The fourth-order valence-electron chi connectivity index (χ4n) is 3.83. The minimum absolute atomic E-state index is 0. The zero-order valence-electron chi connectivity index (χ0n) is 16.7. The normalized spacial score (nSPS) is 21.7. The number of rotatable bonds is 6. The molecule has 2 saturated heterocycles. The molecule has 0 amide bonds. The number of nitrogens with zero attached hydrogens (tertiary/aromatic N) is 3. The van der Waals surface area contributed by atoms with Gasteiger partial charge in [0.2, 0.25) is 0 Å². The molecule has 2 heterocycles. The molecule has 1 N–H and O–H groups in total. The van der Waals surface area contributed by atoms with Crippen LogP contribution in [0.5, 0.6) is 11.5 Å². The van der Waals surface area contributed by atoms with Gasteiger partial charge in [0.25, 0.3) is 0 Å². The highest BCUT2D eigenvalue weighted by Gasteiger charge is 2.30. The zero-order valence-corrected chi connectivity index (χ0v) is 19.0. The lowest BCUT2D eigenvalue weighted by Gasteiger charge is -2.26. The highest BCUT2D eigenvalue weighted by Crippen LogP contribution is 2.21. The van der Waals surface area contributed by atoms with Crippen molar-refractivity contribution in [1.29, 1.82) is 0 Å². The van der Waals surface area contributed by atoms with Gasteiger partial charge in [-0.05, 0) is 63.5 Å². The first-order valence-corrected chi connectivity index (χ1v) is 9.70. The molecule has 3 rings (SSSR count). The maximum absolute atomic E-state index is 5.97. The lowest BCUT2D eigenvalue weighted by Crippen LogP contribution is -2.45. The van der Waals surface area contributed by atoms with Gasteiger partial charge in [0.1, 0.15) is 17.6 Å². The Bertz CT molecular complexity index is 590. The lowest BCUT2D eigenvalue weighted by molar-refractivity contribution is 0.221. The van der Waals surface area contributed by atoms with Gasteiger partial charge in [-0.15, -0.1) is 24.0 Å².